The van der Waals surface area contributed by atoms with Gasteiger partial charge in [-0.2, -0.15) is 0 Å². The predicted molar refractivity (Wildman–Crippen MR) is 115 cm³/mol. The molecular weight excluding hydrogens is 426 g/mol. The molecule has 30 heavy (non-hydrogen) atoms. The zero-order valence-electron chi connectivity index (χ0n) is 16.4. The van der Waals surface area contributed by atoms with Crippen molar-refractivity contribution in [1.29, 1.82) is 0 Å². The van der Waals surface area contributed by atoms with Crippen molar-refractivity contribution in [2.45, 2.75) is 26.4 Å². The van der Waals surface area contributed by atoms with Crippen LogP contribution >= 0.6 is 22.9 Å². The van der Waals surface area contributed by atoms with Gasteiger partial charge in [0.25, 0.3) is 5.19 Å². The molecule has 0 atom stereocenters. The summed E-state index contributed by atoms with van der Waals surface area (Å²) in [6, 6.07) is 8.70. The van der Waals surface area contributed by atoms with Crippen LogP contribution in [-0.2, 0) is 4.74 Å². The van der Waals surface area contributed by atoms with Gasteiger partial charge in [-0.3, -0.25) is 10.3 Å². The second kappa shape index (κ2) is 7.92. The number of carbonyl (C=O) groups excluding carboxylic acids is 1. The number of rotatable bonds is 4. The van der Waals surface area contributed by atoms with E-state index in [1.54, 1.807) is 55.9 Å². The van der Waals surface area contributed by atoms with E-state index in [4.69, 9.17) is 21.1 Å². The lowest BCUT2D eigenvalue weighted by Gasteiger charge is -2.19. The molecule has 0 bridgehead atoms. The summed E-state index contributed by atoms with van der Waals surface area (Å²) in [5.74, 6) is 0.413. The van der Waals surface area contributed by atoms with Gasteiger partial charge in [-0.1, -0.05) is 11.6 Å². The first-order valence-corrected chi connectivity index (χ1v) is 10.2. The monoisotopic (exact) mass is 443 g/mol. The van der Waals surface area contributed by atoms with E-state index in [1.807, 2.05) is 18.3 Å². The van der Waals surface area contributed by atoms with Gasteiger partial charge in [0, 0.05) is 23.6 Å². The number of carbonyl (C=O) groups is 1. The zero-order valence-corrected chi connectivity index (χ0v) is 18.0. The largest absolute Gasteiger partial charge is 0.444 e. The number of nitrogens with one attached hydrogen (secondary N) is 1. The molecule has 0 radical (unpaired) electrons. The first kappa shape index (κ1) is 20.1. The van der Waals surface area contributed by atoms with Crippen LogP contribution in [0.5, 0.6) is 10.9 Å². The van der Waals surface area contributed by atoms with Crippen LogP contribution in [0.25, 0.3) is 16.2 Å². The molecule has 0 aliphatic rings. The van der Waals surface area contributed by atoms with Crippen molar-refractivity contribution in [2.75, 3.05) is 5.32 Å². The summed E-state index contributed by atoms with van der Waals surface area (Å²) < 4.78 is 12.7. The fourth-order valence-electron chi connectivity index (χ4n) is 2.55. The van der Waals surface area contributed by atoms with Crippen LogP contribution in [0.4, 0.5) is 10.5 Å². The first-order chi connectivity index (χ1) is 14.3. The molecule has 1 N–H and O–H groups in total. The Morgan fingerprint density at radius 3 is 2.77 bits per heavy atom. The Balaban J connectivity index is 1.47. The Labute approximate surface area is 181 Å². The van der Waals surface area contributed by atoms with E-state index in [0.29, 0.717) is 26.6 Å². The number of amides is 1. The van der Waals surface area contributed by atoms with E-state index < -0.39 is 11.7 Å². The highest BCUT2D eigenvalue weighted by Crippen LogP contribution is 2.34. The average Bonchev–Trinajstić information content (AvgIpc) is 3.22. The van der Waals surface area contributed by atoms with Gasteiger partial charge in [-0.25, -0.2) is 14.3 Å². The Hall–Kier alpha value is -3.17. The maximum atomic E-state index is 11.9. The summed E-state index contributed by atoms with van der Waals surface area (Å²) in [6.07, 6.45) is 4.71. The molecule has 3 heterocycles. The number of benzene rings is 1. The van der Waals surface area contributed by atoms with Gasteiger partial charge < -0.3 is 9.47 Å². The highest BCUT2D eigenvalue weighted by atomic mass is 35.5. The van der Waals surface area contributed by atoms with Crippen LogP contribution in [0.15, 0.2) is 48.9 Å². The second-order valence-corrected chi connectivity index (χ2v) is 8.66. The van der Waals surface area contributed by atoms with Crippen molar-refractivity contribution in [3.05, 3.63) is 53.9 Å². The van der Waals surface area contributed by atoms with Gasteiger partial charge in [0.05, 0.1) is 16.9 Å². The number of hydrogen-bond acceptors (Lipinski definition) is 7. The molecule has 0 aliphatic carbocycles. The van der Waals surface area contributed by atoms with Gasteiger partial charge in [0.1, 0.15) is 11.4 Å². The second-order valence-electron chi connectivity index (χ2n) is 7.34. The van der Waals surface area contributed by atoms with Crippen molar-refractivity contribution in [3.63, 3.8) is 0 Å². The van der Waals surface area contributed by atoms with Gasteiger partial charge in [-0.15, -0.1) is 5.10 Å². The number of fused-ring (bicyclic) bond motifs is 1. The molecule has 8 nitrogen and oxygen atoms in total. The number of imidazole rings is 1. The van der Waals surface area contributed by atoms with E-state index in [2.05, 4.69) is 20.4 Å². The Morgan fingerprint density at radius 1 is 1.27 bits per heavy atom. The Kier molecular flexibility index (Phi) is 5.31. The van der Waals surface area contributed by atoms with E-state index in [-0.39, 0.29) is 0 Å². The standard InChI is InChI=1S/C20H18ClN5O3S/c1-20(2,3)29-18(27)23-13-6-7-16(14(21)9-13)28-19-25-26-11-15(24-17(26)30-19)12-5-4-8-22-10-12/h4-11H,1-3H3,(H,23,27). The third-order valence-corrected chi connectivity index (χ3v) is 4.85. The molecule has 154 valence electrons. The summed E-state index contributed by atoms with van der Waals surface area (Å²) in [4.78, 5) is 21.2. The normalized spacial score (nSPS) is 11.5. The van der Waals surface area contributed by atoms with Gasteiger partial charge in [0.15, 0.2) is 0 Å². The molecule has 0 saturated carbocycles. The third kappa shape index (κ3) is 4.69. The minimum atomic E-state index is -0.587. The predicted octanol–water partition coefficient (Wildman–Crippen LogP) is 5.65. The topological polar surface area (TPSA) is 90.6 Å². The van der Waals surface area contributed by atoms with E-state index in [9.17, 15) is 4.79 Å². The van der Waals surface area contributed by atoms with Crippen LogP contribution in [0, 0.1) is 0 Å². The van der Waals surface area contributed by atoms with Crippen molar-refractivity contribution >= 4 is 39.7 Å². The summed E-state index contributed by atoms with van der Waals surface area (Å²) in [5.41, 5.74) is 1.60. The SMILES string of the molecule is CC(C)(C)OC(=O)Nc1ccc(Oc2nn3cc(-c4cccnc4)nc3s2)c(Cl)c1. The number of aromatic nitrogens is 4. The highest BCUT2D eigenvalue weighted by Gasteiger charge is 2.17. The fourth-order valence-corrected chi connectivity index (χ4v) is 3.52. The van der Waals surface area contributed by atoms with Gasteiger partial charge in [-0.05, 0) is 62.4 Å². The van der Waals surface area contributed by atoms with E-state index in [1.165, 1.54) is 11.3 Å². The third-order valence-electron chi connectivity index (χ3n) is 3.76. The number of pyridine rings is 1. The maximum absolute atomic E-state index is 11.9. The zero-order chi connectivity index (χ0) is 21.3. The van der Waals surface area contributed by atoms with Crippen LogP contribution in [0.3, 0.4) is 0 Å². The molecule has 0 saturated heterocycles. The molecule has 1 amide bonds. The Morgan fingerprint density at radius 2 is 2.10 bits per heavy atom. The number of anilines is 1. The van der Waals surface area contributed by atoms with Crippen LogP contribution in [0.2, 0.25) is 5.02 Å². The number of ether oxygens (including phenoxy) is 2. The quantitative estimate of drug-likeness (QED) is 0.438. The molecule has 0 fully saturated rings. The maximum Gasteiger partial charge on any atom is 0.412 e. The molecular formula is C20H18ClN5O3S. The molecule has 0 spiro atoms. The molecule has 0 unspecified atom stereocenters. The van der Waals surface area contributed by atoms with E-state index >= 15 is 0 Å². The molecule has 10 heteroatoms. The minimum absolute atomic E-state index is 0.326. The summed E-state index contributed by atoms with van der Waals surface area (Å²) >= 11 is 7.59. The summed E-state index contributed by atoms with van der Waals surface area (Å²) in [5, 5.41) is 7.74. The van der Waals surface area contributed by atoms with Gasteiger partial charge in [0.2, 0.25) is 4.96 Å². The number of hydrogen-bond donors (Lipinski definition) is 1. The molecule has 4 aromatic rings. The molecule has 3 aromatic heterocycles. The molecule has 4 rings (SSSR count). The lowest BCUT2D eigenvalue weighted by molar-refractivity contribution is 0.0636. The first-order valence-electron chi connectivity index (χ1n) is 9.01. The molecule has 1 aromatic carbocycles. The number of halogens is 1. The average molecular weight is 444 g/mol. The lowest BCUT2D eigenvalue weighted by Crippen LogP contribution is -2.27. The highest BCUT2D eigenvalue weighted by molar-refractivity contribution is 7.18. The fraction of sp³-hybridized carbons (Fsp3) is 0.200. The minimum Gasteiger partial charge on any atom is -0.444 e. The summed E-state index contributed by atoms with van der Waals surface area (Å²) in [6.45, 7) is 5.38. The smallest absolute Gasteiger partial charge is 0.412 e. The van der Waals surface area contributed by atoms with Crippen molar-refractivity contribution in [1.82, 2.24) is 19.6 Å². The number of nitrogens with zero attached hydrogens (tertiary/aromatic N) is 4. The van der Waals surface area contributed by atoms with Crippen molar-refractivity contribution in [2.24, 2.45) is 0 Å². The van der Waals surface area contributed by atoms with E-state index in [0.717, 1.165) is 11.3 Å². The van der Waals surface area contributed by atoms with Crippen molar-refractivity contribution < 1.29 is 14.3 Å². The lowest BCUT2D eigenvalue weighted by atomic mass is 10.2. The van der Waals surface area contributed by atoms with Crippen LogP contribution < -0.4 is 10.1 Å². The molecule has 0 aliphatic heterocycles. The Bertz CT molecular complexity index is 1170. The van der Waals surface area contributed by atoms with Crippen LogP contribution in [0.1, 0.15) is 20.8 Å². The van der Waals surface area contributed by atoms with Crippen molar-refractivity contribution in [3.8, 4) is 22.2 Å². The van der Waals surface area contributed by atoms with Crippen LogP contribution in [-0.4, -0.2) is 31.3 Å². The van der Waals surface area contributed by atoms with Gasteiger partial charge >= 0.3 is 6.09 Å². The summed E-state index contributed by atoms with van der Waals surface area (Å²) in [7, 11) is 0.